The lowest BCUT2D eigenvalue weighted by Gasteiger charge is -2.12. The average molecular weight is 298 g/mol. The van der Waals surface area contributed by atoms with Crippen molar-refractivity contribution in [2.45, 2.75) is 0 Å². The lowest BCUT2D eigenvalue weighted by Crippen LogP contribution is -2.12. The Morgan fingerprint density at radius 1 is 1.05 bits per heavy atom. The molecule has 0 saturated heterocycles. The molecule has 0 fully saturated rings. The lowest BCUT2D eigenvalue weighted by molar-refractivity contribution is 0.100. The molecule has 1 amide bonds. The van der Waals surface area contributed by atoms with E-state index in [1.165, 1.54) is 0 Å². The summed E-state index contributed by atoms with van der Waals surface area (Å²) in [7, 11) is 0. The SMILES string of the molecule is NC(=O)c1cccc(-c2cccc(Cl)c2)c1-c1ccoc1. The van der Waals surface area contributed by atoms with Gasteiger partial charge in [-0.15, -0.1) is 0 Å². The number of hydrogen-bond donors (Lipinski definition) is 1. The molecule has 3 aromatic rings. The largest absolute Gasteiger partial charge is 0.472 e. The van der Waals surface area contributed by atoms with Crippen LogP contribution in [0.2, 0.25) is 5.02 Å². The maximum atomic E-state index is 11.7. The fourth-order valence-corrected chi connectivity index (χ4v) is 2.56. The maximum absolute atomic E-state index is 11.7. The summed E-state index contributed by atoms with van der Waals surface area (Å²) in [5, 5.41) is 0.634. The zero-order chi connectivity index (χ0) is 14.8. The van der Waals surface area contributed by atoms with Gasteiger partial charge in [0, 0.05) is 21.7 Å². The van der Waals surface area contributed by atoms with E-state index in [0.717, 1.165) is 22.3 Å². The predicted molar refractivity (Wildman–Crippen MR) is 83.1 cm³/mol. The summed E-state index contributed by atoms with van der Waals surface area (Å²) in [4.78, 5) is 11.7. The first-order valence-electron chi connectivity index (χ1n) is 6.38. The summed E-state index contributed by atoms with van der Waals surface area (Å²) in [6.45, 7) is 0. The molecular weight excluding hydrogens is 286 g/mol. The van der Waals surface area contributed by atoms with E-state index in [9.17, 15) is 4.79 Å². The van der Waals surface area contributed by atoms with Gasteiger partial charge >= 0.3 is 0 Å². The van der Waals surface area contributed by atoms with Gasteiger partial charge in [0.15, 0.2) is 0 Å². The summed E-state index contributed by atoms with van der Waals surface area (Å²) >= 11 is 6.06. The summed E-state index contributed by atoms with van der Waals surface area (Å²) < 4.78 is 5.14. The normalized spacial score (nSPS) is 10.5. The van der Waals surface area contributed by atoms with E-state index < -0.39 is 5.91 Å². The van der Waals surface area contributed by atoms with Crippen molar-refractivity contribution in [1.82, 2.24) is 0 Å². The molecule has 104 valence electrons. The van der Waals surface area contributed by atoms with Crippen molar-refractivity contribution in [2.75, 3.05) is 0 Å². The highest BCUT2D eigenvalue weighted by molar-refractivity contribution is 6.30. The number of amides is 1. The molecule has 2 N–H and O–H groups in total. The average Bonchev–Trinajstić information content (AvgIpc) is 3.00. The Hall–Kier alpha value is -2.52. The highest BCUT2D eigenvalue weighted by Gasteiger charge is 2.16. The van der Waals surface area contributed by atoms with E-state index in [2.05, 4.69) is 0 Å². The van der Waals surface area contributed by atoms with Gasteiger partial charge in [0.05, 0.1) is 12.5 Å². The van der Waals surface area contributed by atoms with Crippen molar-refractivity contribution in [3.8, 4) is 22.3 Å². The van der Waals surface area contributed by atoms with E-state index in [4.69, 9.17) is 21.8 Å². The van der Waals surface area contributed by atoms with Crippen LogP contribution >= 0.6 is 11.6 Å². The zero-order valence-electron chi connectivity index (χ0n) is 11.0. The number of carbonyl (C=O) groups is 1. The number of primary amides is 1. The van der Waals surface area contributed by atoms with E-state index in [-0.39, 0.29) is 0 Å². The fourth-order valence-electron chi connectivity index (χ4n) is 2.37. The summed E-state index contributed by atoms with van der Waals surface area (Å²) in [6, 6.07) is 14.7. The number of halogens is 1. The van der Waals surface area contributed by atoms with Gasteiger partial charge < -0.3 is 10.2 Å². The second-order valence-electron chi connectivity index (χ2n) is 4.61. The van der Waals surface area contributed by atoms with Gasteiger partial charge in [-0.3, -0.25) is 4.79 Å². The number of rotatable bonds is 3. The molecule has 0 radical (unpaired) electrons. The van der Waals surface area contributed by atoms with Crippen LogP contribution in [0.5, 0.6) is 0 Å². The second-order valence-corrected chi connectivity index (χ2v) is 5.05. The molecule has 0 atom stereocenters. The highest BCUT2D eigenvalue weighted by atomic mass is 35.5. The van der Waals surface area contributed by atoms with Crippen LogP contribution in [0.25, 0.3) is 22.3 Å². The number of benzene rings is 2. The van der Waals surface area contributed by atoms with Crippen LogP contribution < -0.4 is 5.73 Å². The Labute approximate surface area is 127 Å². The smallest absolute Gasteiger partial charge is 0.249 e. The van der Waals surface area contributed by atoms with Crippen molar-refractivity contribution >= 4 is 17.5 Å². The van der Waals surface area contributed by atoms with Crippen molar-refractivity contribution in [3.63, 3.8) is 0 Å². The molecule has 4 heteroatoms. The van der Waals surface area contributed by atoms with Crippen LogP contribution in [-0.2, 0) is 0 Å². The number of hydrogen-bond acceptors (Lipinski definition) is 2. The summed E-state index contributed by atoms with van der Waals surface area (Å²) in [6.07, 6.45) is 3.16. The molecular formula is C17H12ClNO2. The van der Waals surface area contributed by atoms with Gasteiger partial charge in [0.25, 0.3) is 0 Å². The number of furan rings is 1. The third-order valence-electron chi connectivity index (χ3n) is 3.28. The Morgan fingerprint density at radius 3 is 2.52 bits per heavy atom. The Balaban J connectivity index is 2.31. The second kappa shape index (κ2) is 5.46. The minimum Gasteiger partial charge on any atom is -0.472 e. The van der Waals surface area contributed by atoms with Crippen molar-refractivity contribution < 1.29 is 9.21 Å². The molecule has 0 saturated carbocycles. The monoisotopic (exact) mass is 297 g/mol. The van der Waals surface area contributed by atoms with E-state index >= 15 is 0 Å². The third kappa shape index (κ3) is 2.56. The molecule has 0 spiro atoms. The van der Waals surface area contributed by atoms with Crippen molar-refractivity contribution in [2.24, 2.45) is 5.73 Å². The molecule has 0 unspecified atom stereocenters. The summed E-state index contributed by atoms with van der Waals surface area (Å²) in [5.74, 6) is -0.477. The first kappa shape index (κ1) is 13.5. The molecule has 0 bridgehead atoms. The maximum Gasteiger partial charge on any atom is 0.249 e. The molecule has 1 aromatic heterocycles. The van der Waals surface area contributed by atoms with E-state index in [0.29, 0.717) is 10.6 Å². The Kier molecular flexibility index (Phi) is 3.50. The third-order valence-corrected chi connectivity index (χ3v) is 3.51. The quantitative estimate of drug-likeness (QED) is 0.780. The zero-order valence-corrected chi connectivity index (χ0v) is 11.8. The van der Waals surface area contributed by atoms with Gasteiger partial charge in [-0.2, -0.15) is 0 Å². The standard InChI is InChI=1S/C17H12ClNO2/c18-13-4-1-3-11(9-13)14-5-2-6-15(17(19)20)16(14)12-7-8-21-10-12/h1-10H,(H2,19,20). The first-order valence-corrected chi connectivity index (χ1v) is 6.76. The molecule has 0 aliphatic rings. The first-order chi connectivity index (χ1) is 10.2. The Bertz CT molecular complexity index is 794. The highest BCUT2D eigenvalue weighted by Crippen LogP contribution is 2.35. The molecule has 1 heterocycles. The van der Waals surface area contributed by atoms with E-state index in [1.807, 2.05) is 24.3 Å². The number of nitrogens with two attached hydrogens (primary N) is 1. The topological polar surface area (TPSA) is 56.2 Å². The van der Waals surface area contributed by atoms with Crippen LogP contribution in [0, 0.1) is 0 Å². The Morgan fingerprint density at radius 2 is 1.86 bits per heavy atom. The number of carbonyl (C=O) groups excluding carboxylic acids is 1. The fraction of sp³-hybridized carbons (Fsp3) is 0. The summed E-state index contributed by atoms with van der Waals surface area (Å²) in [5.41, 5.74) is 9.31. The van der Waals surface area contributed by atoms with Gasteiger partial charge in [-0.05, 0) is 35.4 Å². The minimum atomic E-state index is -0.477. The minimum absolute atomic E-state index is 0.453. The molecule has 3 nitrogen and oxygen atoms in total. The predicted octanol–water partition coefficient (Wildman–Crippen LogP) is 4.37. The molecule has 0 aliphatic heterocycles. The lowest BCUT2D eigenvalue weighted by atomic mass is 9.91. The van der Waals surface area contributed by atoms with Gasteiger partial charge in [-0.25, -0.2) is 0 Å². The molecule has 2 aromatic carbocycles. The van der Waals surface area contributed by atoms with Crippen LogP contribution in [0.3, 0.4) is 0 Å². The van der Waals surface area contributed by atoms with Crippen LogP contribution in [0.4, 0.5) is 0 Å². The van der Waals surface area contributed by atoms with Gasteiger partial charge in [0.2, 0.25) is 5.91 Å². The van der Waals surface area contributed by atoms with Gasteiger partial charge in [0.1, 0.15) is 0 Å². The van der Waals surface area contributed by atoms with Crippen molar-refractivity contribution in [3.05, 3.63) is 71.6 Å². The molecule has 21 heavy (non-hydrogen) atoms. The van der Waals surface area contributed by atoms with Crippen LogP contribution in [0.15, 0.2) is 65.5 Å². The molecule has 0 aliphatic carbocycles. The molecule has 3 rings (SSSR count). The van der Waals surface area contributed by atoms with Crippen molar-refractivity contribution in [1.29, 1.82) is 0 Å². The van der Waals surface area contributed by atoms with Gasteiger partial charge in [-0.1, -0.05) is 35.9 Å². The van der Waals surface area contributed by atoms with Crippen LogP contribution in [0.1, 0.15) is 10.4 Å². The van der Waals surface area contributed by atoms with Crippen LogP contribution in [-0.4, -0.2) is 5.91 Å². The van der Waals surface area contributed by atoms with E-state index in [1.54, 1.807) is 36.8 Å².